The number of rotatable bonds is 3. The van der Waals surface area contributed by atoms with Crippen molar-refractivity contribution in [1.29, 1.82) is 0 Å². The Morgan fingerprint density at radius 2 is 1.94 bits per heavy atom. The summed E-state index contributed by atoms with van der Waals surface area (Å²) in [6, 6.07) is 17.0. The van der Waals surface area contributed by atoms with Crippen LogP contribution >= 0.6 is 0 Å². The number of aryl methyl sites for hydroxylation is 2. The summed E-state index contributed by atoms with van der Waals surface area (Å²) in [7, 11) is 1.82. The van der Waals surface area contributed by atoms with Gasteiger partial charge in [0.2, 0.25) is 5.69 Å². The molecule has 0 saturated carbocycles. The molecule has 0 spiro atoms. The van der Waals surface area contributed by atoms with Crippen molar-refractivity contribution < 1.29 is 2.74 Å². The van der Waals surface area contributed by atoms with Gasteiger partial charge in [0.1, 0.15) is 0 Å². The second-order valence-electron chi connectivity index (χ2n) is 7.24. The molecular formula is C25H19N5O. The second kappa shape index (κ2) is 7.22. The van der Waals surface area contributed by atoms with Crippen molar-refractivity contribution in [3.05, 3.63) is 88.3 Å². The van der Waals surface area contributed by atoms with Gasteiger partial charge in [0.15, 0.2) is 0 Å². The fraction of sp³-hybridized carbons (Fsp3) is 0.120. The zero-order chi connectivity index (χ0) is 23.3. The van der Waals surface area contributed by atoms with Crippen molar-refractivity contribution in [2.45, 2.75) is 13.3 Å². The van der Waals surface area contributed by atoms with E-state index in [1.807, 2.05) is 49.5 Å². The first kappa shape index (κ1) is 16.5. The third-order valence-electron chi connectivity index (χ3n) is 5.54. The van der Waals surface area contributed by atoms with Crippen LogP contribution in [0, 0.1) is 6.57 Å². The Labute approximate surface area is 181 Å². The summed E-state index contributed by atoms with van der Waals surface area (Å²) in [5.74, 6) is 0. The molecule has 6 heteroatoms. The number of nitrogens with zero attached hydrogens (tertiary/aromatic N) is 4. The summed E-state index contributed by atoms with van der Waals surface area (Å²) in [5.41, 5.74) is 3.40. The largest absolute Gasteiger partial charge is 0.272 e. The van der Waals surface area contributed by atoms with Gasteiger partial charge < -0.3 is 0 Å². The zero-order valence-electron chi connectivity index (χ0n) is 19.0. The van der Waals surface area contributed by atoms with E-state index < -0.39 is 6.37 Å². The fourth-order valence-corrected chi connectivity index (χ4v) is 4.06. The number of hydrogen-bond donors (Lipinski definition) is 1. The number of H-pyrrole nitrogens is 1. The van der Waals surface area contributed by atoms with E-state index >= 15 is 0 Å². The monoisotopic (exact) mass is 407 g/mol. The highest BCUT2D eigenvalue weighted by Crippen LogP contribution is 2.41. The Hall–Kier alpha value is -4.24. The molecular weight excluding hydrogens is 386 g/mol. The first-order chi connectivity index (χ1) is 15.8. The van der Waals surface area contributed by atoms with E-state index in [1.54, 1.807) is 23.0 Å². The molecule has 0 saturated heterocycles. The standard InChI is InChI=1S/C25H19N5O/c1-4-22-20-13-16(10-11-18(20)25(31)29-28-22)21-14-27-30(3)24(21)19-12-9-15-7-5-6-8-17(15)23(19)26-2/h5-14H,4H2,1,3H3,(H,29,31)/i4D2. The molecule has 0 fully saturated rings. The van der Waals surface area contributed by atoms with E-state index in [0.29, 0.717) is 16.5 Å². The lowest BCUT2D eigenvalue weighted by Crippen LogP contribution is -2.10. The average Bonchev–Trinajstić information content (AvgIpc) is 3.18. The average molecular weight is 407 g/mol. The highest BCUT2D eigenvalue weighted by Gasteiger charge is 2.19. The molecule has 0 radical (unpaired) electrons. The fourth-order valence-electron chi connectivity index (χ4n) is 4.06. The molecule has 5 aromatic rings. The minimum Gasteiger partial charge on any atom is -0.269 e. The lowest BCUT2D eigenvalue weighted by atomic mass is 9.95. The van der Waals surface area contributed by atoms with Gasteiger partial charge in [-0.25, -0.2) is 9.94 Å². The van der Waals surface area contributed by atoms with Crippen LogP contribution in [0.5, 0.6) is 0 Å². The van der Waals surface area contributed by atoms with Crippen molar-refractivity contribution in [1.82, 2.24) is 20.0 Å². The van der Waals surface area contributed by atoms with E-state index in [4.69, 9.17) is 9.31 Å². The van der Waals surface area contributed by atoms with Crippen molar-refractivity contribution >= 4 is 27.2 Å². The second-order valence-corrected chi connectivity index (χ2v) is 7.24. The van der Waals surface area contributed by atoms with Gasteiger partial charge in [-0.2, -0.15) is 10.2 Å². The first-order valence-electron chi connectivity index (χ1n) is 10.7. The molecule has 2 heterocycles. The summed E-state index contributed by atoms with van der Waals surface area (Å²) >= 11 is 0. The van der Waals surface area contributed by atoms with Crippen LogP contribution in [0.2, 0.25) is 0 Å². The van der Waals surface area contributed by atoms with Gasteiger partial charge in [0, 0.05) is 26.3 Å². The van der Waals surface area contributed by atoms with Crippen molar-refractivity contribution in [2.75, 3.05) is 0 Å². The molecule has 0 amide bonds. The molecule has 150 valence electrons. The normalized spacial score (nSPS) is 12.5. The maximum absolute atomic E-state index is 12.3. The maximum Gasteiger partial charge on any atom is 0.272 e. The number of benzene rings is 3. The molecule has 5 rings (SSSR count). The first-order valence-corrected chi connectivity index (χ1v) is 9.74. The van der Waals surface area contributed by atoms with Crippen LogP contribution in [0.25, 0.3) is 48.8 Å². The molecule has 0 aliphatic heterocycles. The van der Waals surface area contributed by atoms with Crippen LogP contribution in [-0.2, 0) is 13.4 Å². The zero-order valence-corrected chi connectivity index (χ0v) is 17.0. The van der Waals surface area contributed by atoms with E-state index in [-0.39, 0.29) is 11.3 Å². The summed E-state index contributed by atoms with van der Waals surface area (Å²) in [6.45, 7) is 9.26. The van der Waals surface area contributed by atoms with E-state index in [9.17, 15) is 4.79 Å². The minimum absolute atomic E-state index is 0.164. The van der Waals surface area contributed by atoms with Gasteiger partial charge in [-0.15, -0.1) is 0 Å². The number of aromatic amines is 1. The summed E-state index contributed by atoms with van der Waals surface area (Å²) < 4.78 is 18.0. The summed E-state index contributed by atoms with van der Waals surface area (Å²) in [6.07, 6.45) is -0.0191. The van der Waals surface area contributed by atoms with Crippen LogP contribution in [0.4, 0.5) is 5.69 Å². The smallest absolute Gasteiger partial charge is 0.269 e. The van der Waals surface area contributed by atoms with Crippen molar-refractivity contribution in [2.24, 2.45) is 7.05 Å². The van der Waals surface area contributed by atoms with Crippen LogP contribution in [-0.4, -0.2) is 20.0 Å². The quantitative estimate of drug-likeness (QED) is 0.415. The van der Waals surface area contributed by atoms with Gasteiger partial charge in [0.25, 0.3) is 5.56 Å². The molecule has 0 unspecified atom stereocenters. The minimum atomic E-state index is -1.74. The topological polar surface area (TPSA) is 67.9 Å². The predicted molar refractivity (Wildman–Crippen MR) is 123 cm³/mol. The molecule has 0 aliphatic rings. The lowest BCUT2D eigenvalue weighted by molar-refractivity contribution is 0.776. The number of aromatic nitrogens is 4. The SMILES string of the molecule is [2H]C([2H])(C)c1n[nH]c(=O)c2ccc(-c3cnn(C)c3-c3ccc4ccccc4c3[N+]#[C-])cc12. The van der Waals surface area contributed by atoms with E-state index in [2.05, 4.69) is 20.1 Å². The third-order valence-corrected chi connectivity index (χ3v) is 5.54. The summed E-state index contributed by atoms with van der Waals surface area (Å²) in [5, 5.41) is 13.5. The molecule has 0 aliphatic carbocycles. The molecule has 2 aromatic heterocycles. The molecule has 6 nitrogen and oxygen atoms in total. The van der Waals surface area contributed by atoms with E-state index in [0.717, 1.165) is 33.2 Å². The number of fused-ring (bicyclic) bond motifs is 2. The van der Waals surface area contributed by atoms with Gasteiger partial charge in [-0.3, -0.25) is 9.48 Å². The number of nitrogens with one attached hydrogen (secondary N) is 1. The van der Waals surface area contributed by atoms with Crippen LogP contribution in [0.1, 0.15) is 15.4 Å². The molecule has 3 aromatic carbocycles. The molecule has 1 N–H and O–H groups in total. The van der Waals surface area contributed by atoms with Crippen LogP contribution in [0.15, 0.2) is 65.6 Å². The Kier molecular flexibility index (Phi) is 3.86. The number of hydrogen-bond acceptors (Lipinski definition) is 3. The van der Waals surface area contributed by atoms with Gasteiger partial charge in [0.05, 0.1) is 29.5 Å². The van der Waals surface area contributed by atoms with Crippen LogP contribution in [0.3, 0.4) is 0 Å². The highest BCUT2D eigenvalue weighted by atomic mass is 16.1. The third kappa shape index (κ3) is 2.90. The van der Waals surface area contributed by atoms with Crippen molar-refractivity contribution in [3.63, 3.8) is 0 Å². The van der Waals surface area contributed by atoms with E-state index in [1.165, 1.54) is 6.92 Å². The Morgan fingerprint density at radius 3 is 2.74 bits per heavy atom. The maximum atomic E-state index is 12.3. The van der Waals surface area contributed by atoms with Gasteiger partial charge in [-0.05, 0) is 34.8 Å². The predicted octanol–water partition coefficient (Wildman–Crippen LogP) is 5.26. The highest BCUT2D eigenvalue weighted by molar-refractivity contribution is 6.04. The van der Waals surface area contributed by atoms with Crippen LogP contribution < -0.4 is 5.56 Å². The summed E-state index contributed by atoms with van der Waals surface area (Å²) in [4.78, 5) is 16.2. The Bertz CT molecular complexity index is 1650. The van der Waals surface area contributed by atoms with Crippen molar-refractivity contribution in [3.8, 4) is 22.4 Å². The molecule has 31 heavy (non-hydrogen) atoms. The Morgan fingerprint density at radius 1 is 1.10 bits per heavy atom. The Balaban J connectivity index is 1.79. The molecule has 0 bridgehead atoms. The molecule has 0 atom stereocenters. The van der Waals surface area contributed by atoms with Gasteiger partial charge in [-0.1, -0.05) is 49.4 Å². The van der Waals surface area contributed by atoms with Gasteiger partial charge >= 0.3 is 0 Å². The lowest BCUT2D eigenvalue weighted by Gasteiger charge is -2.12.